The quantitative estimate of drug-likeness (QED) is 0.743. The molecule has 0 saturated carbocycles. The van der Waals surface area contributed by atoms with Crippen molar-refractivity contribution in [3.05, 3.63) is 59.7 Å². The van der Waals surface area contributed by atoms with Crippen molar-refractivity contribution < 1.29 is 18.0 Å². The van der Waals surface area contributed by atoms with E-state index in [1.54, 1.807) is 50.1 Å². The topological polar surface area (TPSA) is 95.6 Å². The van der Waals surface area contributed by atoms with Gasteiger partial charge < -0.3 is 10.2 Å². The Balaban J connectivity index is 2.18. The first kappa shape index (κ1) is 21.6. The average molecular weight is 404 g/mol. The fourth-order valence-corrected chi connectivity index (χ4v) is 3.82. The van der Waals surface area contributed by atoms with Crippen LogP contribution < -0.4 is 10.0 Å². The van der Waals surface area contributed by atoms with Crippen molar-refractivity contribution in [2.45, 2.75) is 38.3 Å². The van der Waals surface area contributed by atoms with Gasteiger partial charge in [-0.1, -0.05) is 18.2 Å². The van der Waals surface area contributed by atoms with E-state index in [0.29, 0.717) is 12.2 Å². The third kappa shape index (κ3) is 5.90. The Kier molecular flexibility index (Phi) is 6.93. The van der Waals surface area contributed by atoms with E-state index in [2.05, 4.69) is 10.0 Å². The summed E-state index contributed by atoms with van der Waals surface area (Å²) in [5.41, 5.74) is 1.67. The molecule has 0 aliphatic carbocycles. The summed E-state index contributed by atoms with van der Waals surface area (Å²) < 4.78 is 27.1. The number of rotatable bonds is 7. The van der Waals surface area contributed by atoms with E-state index in [-0.39, 0.29) is 22.4 Å². The zero-order chi connectivity index (χ0) is 20.9. The summed E-state index contributed by atoms with van der Waals surface area (Å²) in [6.45, 7) is 5.36. The first-order valence-electron chi connectivity index (χ1n) is 8.83. The number of hydrogen-bond acceptors (Lipinski definition) is 4. The molecular formula is C20H25N3O4S. The van der Waals surface area contributed by atoms with Gasteiger partial charge in [0, 0.05) is 37.8 Å². The highest BCUT2D eigenvalue weighted by Crippen LogP contribution is 2.16. The molecule has 2 N–H and O–H groups in total. The third-order valence-corrected chi connectivity index (χ3v) is 5.60. The van der Waals surface area contributed by atoms with Crippen LogP contribution in [0.1, 0.15) is 36.7 Å². The number of benzene rings is 2. The lowest BCUT2D eigenvalue weighted by atomic mass is 10.1. The van der Waals surface area contributed by atoms with Gasteiger partial charge in [0.15, 0.2) is 0 Å². The molecule has 0 bridgehead atoms. The lowest BCUT2D eigenvalue weighted by Gasteiger charge is -2.15. The minimum Gasteiger partial charge on any atom is -0.342 e. The second-order valence-corrected chi connectivity index (χ2v) is 8.55. The normalized spacial score (nSPS) is 11.3. The average Bonchev–Trinajstić information content (AvgIpc) is 2.61. The summed E-state index contributed by atoms with van der Waals surface area (Å²) in [5.74, 6) is -0.471. The zero-order valence-corrected chi connectivity index (χ0v) is 17.2. The Morgan fingerprint density at radius 2 is 1.75 bits per heavy atom. The maximum atomic E-state index is 12.6. The van der Waals surface area contributed by atoms with Crippen molar-refractivity contribution in [3.8, 4) is 0 Å². The Morgan fingerprint density at radius 3 is 2.39 bits per heavy atom. The highest BCUT2D eigenvalue weighted by Gasteiger charge is 2.17. The molecule has 7 nitrogen and oxygen atoms in total. The number of nitrogens with zero attached hydrogens (tertiary/aromatic N) is 1. The van der Waals surface area contributed by atoms with Gasteiger partial charge in [-0.25, -0.2) is 13.1 Å². The van der Waals surface area contributed by atoms with Crippen LogP contribution in [0.4, 0.5) is 5.69 Å². The molecular weight excluding hydrogens is 378 g/mol. The smallest absolute Gasteiger partial charge is 0.255 e. The van der Waals surface area contributed by atoms with Gasteiger partial charge in [-0.3, -0.25) is 9.59 Å². The molecule has 0 aliphatic heterocycles. The molecule has 28 heavy (non-hydrogen) atoms. The van der Waals surface area contributed by atoms with Crippen molar-refractivity contribution in [3.63, 3.8) is 0 Å². The third-order valence-electron chi connectivity index (χ3n) is 3.94. The fourth-order valence-electron chi connectivity index (χ4n) is 2.52. The number of sulfonamides is 1. The van der Waals surface area contributed by atoms with Crippen LogP contribution in [0.3, 0.4) is 0 Å². The van der Waals surface area contributed by atoms with E-state index in [1.807, 2.05) is 6.07 Å². The highest BCUT2D eigenvalue weighted by atomic mass is 32.2. The van der Waals surface area contributed by atoms with Crippen LogP contribution in [0.25, 0.3) is 0 Å². The van der Waals surface area contributed by atoms with Crippen LogP contribution >= 0.6 is 0 Å². The van der Waals surface area contributed by atoms with Gasteiger partial charge in [0.1, 0.15) is 0 Å². The van der Waals surface area contributed by atoms with Gasteiger partial charge in [-0.15, -0.1) is 0 Å². The Bertz CT molecular complexity index is 971. The zero-order valence-electron chi connectivity index (χ0n) is 16.4. The van der Waals surface area contributed by atoms with Crippen LogP contribution in [0.5, 0.6) is 0 Å². The van der Waals surface area contributed by atoms with Gasteiger partial charge in [0.2, 0.25) is 15.9 Å². The van der Waals surface area contributed by atoms with Crippen LogP contribution in [-0.4, -0.2) is 38.2 Å². The van der Waals surface area contributed by atoms with Crippen molar-refractivity contribution in [1.29, 1.82) is 0 Å². The van der Waals surface area contributed by atoms with Gasteiger partial charge in [-0.05, 0) is 49.7 Å². The summed E-state index contributed by atoms with van der Waals surface area (Å²) in [5, 5.41) is 2.76. The van der Waals surface area contributed by atoms with E-state index in [4.69, 9.17) is 0 Å². The number of hydrogen-bond donors (Lipinski definition) is 2. The summed E-state index contributed by atoms with van der Waals surface area (Å²) in [4.78, 5) is 25.5. The van der Waals surface area contributed by atoms with E-state index in [1.165, 1.54) is 25.1 Å². The summed E-state index contributed by atoms with van der Waals surface area (Å²) in [6, 6.07) is 12.8. The Hall–Kier alpha value is -2.71. The van der Waals surface area contributed by atoms with Gasteiger partial charge in [0.25, 0.3) is 5.91 Å². The highest BCUT2D eigenvalue weighted by molar-refractivity contribution is 7.89. The number of carbonyl (C=O) groups excluding carboxylic acids is 2. The second kappa shape index (κ2) is 8.99. The number of carbonyl (C=O) groups is 2. The maximum absolute atomic E-state index is 12.6. The molecule has 2 amide bonds. The van der Waals surface area contributed by atoms with Gasteiger partial charge in [0.05, 0.1) is 4.90 Å². The second-order valence-electron chi connectivity index (χ2n) is 6.83. The van der Waals surface area contributed by atoms with Crippen LogP contribution in [0.15, 0.2) is 53.4 Å². The fraction of sp³-hybridized carbons (Fsp3) is 0.300. The van der Waals surface area contributed by atoms with Crippen molar-refractivity contribution in [2.75, 3.05) is 12.4 Å². The van der Waals surface area contributed by atoms with Crippen LogP contribution in [0, 0.1) is 0 Å². The van der Waals surface area contributed by atoms with E-state index in [0.717, 1.165) is 5.56 Å². The van der Waals surface area contributed by atoms with Crippen molar-refractivity contribution in [2.24, 2.45) is 0 Å². The summed E-state index contributed by atoms with van der Waals surface area (Å²) >= 11 is 0. The van der Waals surface area contributed by atoms with E-state index >= 15 is 0 Å². The molecule has 0 fully saturated rings. The van der Waals surface area contributed by atoms with Crippen LogP contribution in [0.2, 0.25) is 0 Å². The first-order chi connectivity index (χ1) is 13.1. The monoisotopic (exact) mass is 403 g/mol. The Morgan fingerprint density at radius 1 is 1.07 bits per heavy atom. The molecule has 0 heterocycles. The molecule has 2 aromatic carbocycles. The summed E-state index contributed by atoms with van der Waals surface area (Å²) in [6.07, 6.45) is 0. The number of nitrogens with one attached hydrogen (secondary N) is 2. The maximum Gasteiger partial charge on any atom is 0.255 e. The minimum absolute atomic E-state index is 0.0330. The SMILES string of the molecule is CC(=O)N(C)Cc1cccc(NC(=O)c2cccc(S(=O)(=O)NC(C)C)c2)c1. The molecule has 2 aromatic rings. The standard InChI is InChI=1S/C20H25N3O4S/c1-14(2)22-28(26,27)19-10-6-8-17(12-19)20(25)21-18-9-5-7-16(11-18)13-23(4)15(3)24/h5-12,14,22H,13H2,1-4H3,(H,21,25). The minimum atomic E-state index is -3.68. The predicted molar refractivity (Wildman–Crippen MR) is 108 cm³/mol. The van der Waals surface area contributed by atoms with Crippen molar-refractivity contribution in [1.82, 2.24) is 9.62 Å². The van der Waals surface area contributed by atoms with Crippen molar-refractivity contribution >= 4 is 27.5 Å². The van der Waals surface area contributed by atoms with Crippen LogP contribution in [-0.2, 0) is 21.4 Å². The largest absolute Gasteiger partial charge is 0.342 e. The molecule has 0 unspecified atom stereocenters. The molecule has 2 rings (SSSR count). The molecule has 0 aromatic heterocycles. The molecule has 0 radical (unpaired) electrons. The Labute approximate surface area is 165 Å². The molecule has 0 aliphatic rings. The van der Waals surface area contributed by atoms with Gasteiger partial charge >= 0.3 is 0 Å². The number of amides is 2. The molecule has 0 atom stereocenters. The molecule has 0 saturated heterocycles. The lowest BCUT2D eigenvalue weighted by Crippen LogP contribution is -2.30. The van der Waals surface area contributed by atoms with E-state index < -0.39 is 15.9 Å². The molecule has 0 spiro atoms. The van der Waals surface area contributed by atoms with Gasteiger partial charge in [-0.2, -0.15) is 0 Å². The number of anilines is 1. The lowest BCUT2D eigenvalue weighted by molar-refractivity contribution is -0.128. The first-order valence-corrected chi connectivity index (χ1v) is 10.3. The van der Waals surface area contributed by atoms with E-state index in [9.17, 15) is 18.0 Å². The molecule has 8 heteroatoms. The summed E-state index contributed by atoms with van der Waals surface area (Å²) in [7, 11) is -1.99. The molecule has 150 valence electrons. The predicted octanol–water partition coefficient (Wildman–Crippen LogP) is 2.60.